The van der Waals surface area contributed by atoms with Crippen molar-refractivity contribution in [2.45, 2.75) is 13.5 Å². The van der Waals surface area contributed by atoms with Gasteiger partial charge in [0.25, 0.3) is 11.5 Å². The summed E-state index contributed by atoms with van der Waals surface area (Å²) >= 11 is 0.754. The van der Waals surface area contributed by atoms with E-state index in [-0.39, 0.29) is 33.5 Å². The van der Waals surface area contributed by atoms with E-state index in [0.717, 1.165) is 34.1 Å². The maximum absolute atomic E-state index is 14.1. The zero-order chi connectivity index (χ0) is 25.5. The monoisotopic (exact) mass is 495 g/mol. The van der Waals surface area contributed by atoms with Crippen molar-refractivity contribution in [3.63, 3.8) is 0 Å². The molecule has 10 heteroatoms. The average molecular weight is 496 g/mol. The topological polar surface area (TPSA) is 101 Å². The van der Waals surface area contributed by atoms with Crippen LogP contribution in [0.2, 0.25) is 0 Å². The summed E-state index contributed by atoms with van der Waals surface area (Å²) in [7, 11) is 0. The normalized spacial score (nSPS) is 12.0. The van der Waals surface area contributed by atoms with Crippen molar-refractivity contribution < 1.29 is 23.1 Å². The van der Waals surface area contributed by atoms with Crippen LogP contribution in [0.4, 0.5) is 14.5 Å². The number of nitrogens with one attached hydrogen (secondary N) is 1. The molecule has 3 aromatic rings. The molecule has 0 atom stereocenters. The molecule has 0 radical (unpaired) electrons. The molecule has 0 unspecified atom stereocenters. The molecule has 1 amide bonds. The minimum Gasteiger partial charge on any atom is -0.462 e. The summed E-state index contributed by atoms with van der Waals surface area (Å²) in [6, 6.07) is 10.9. The Bertz CT molecular complexity index is 1500. The van der Waals surface area contributed by atoms with Crippen LogP contribution in [-0.4, -0.2) is 23.1 Å². The van der Waals surface area contributed by atoms with Crippen LogP contribution < -0.4 is 20.1 Å². The van der Waals surface area contributed by atoms with Crippen molar-refractivity contribution in [2.24, 2.45) is 0 Å². The molecule has 0 fully saturated rings. The average Bonchev–Trinajstić information content (AvgIpc) is 3.12. The Morgan fingerprint density at radius 1 is 1.20 bits per heavy atom. The smallest absolute Gasteiger partial charge is 0.338 e. The van der Waals surface area contributed by atoms with E-state index in [1.807, 2.05) is 0 Å². The second-order valence-corrected chi connectivity index (χ2v) is 8.02. The first-order valence-electron chi connectivity index (χ1n) is 10.3. The lowest BCUT2D eigenvalue weighted by molar-refractivity contribution is -0.111. The molecule has 0 bridgehead atoms. The summed E-state index contributed by atoms with van der Waals surface area (Å²) in [5, 5.41) is 12.2. The highest BCUT2D eigenvalue weighted by molar-refractivity contribution is 7.07. The van der Waals surface area contributed by atoms with Crippen molar-refractivity contribution in [1.82, 2.24) is 4.57 Å². The summed E-state index contributed by atoms with van der Waals surface area (Å²) in [6.45, 7) is 5.44. The zero-order valence-electron chi connectivity index (χ0n) is 18.5. The molecule has 0 spiro atoms. The maximum atomic E-state index is 14.1. The van der Waals surface area contributed by atoms with E-state index < -0.39 is 34.6 Å². The van der Waals surface area contributed by atoms with Crippen molar-refractivity contribution in [1.29, 1.82) is 5.26 Å². The lowest BCUT2D eigenvalue weighted by Crippen LogP contribution is -2.33. The van der Waals surface area contributed by atoms with Gasteiger partial charge in [-0.05, 0) is 49.4 Å². The summed E-state index contributed by atoms with van der Waals surface area (Å²) < 4.78 is 34.2. The van der Waals surface area contributed by atoms with E-state index in [4.69, 9.17) is 4.74 Å². The Labute approximate surface area is 202 Å². The quantitative estimate of drug-likeness (QED) is 0.401. The molecule has 0 aliphatic heterocycles. The summed E-state index contributed by atoms with van der Waals surface area (Å²) in [5.74, 6) is -3.04. The number of ether oxygens (including phenoxy) is 1. The van der Waals surface area contributed by atoms with Crippen molar-refractivity contribution in [3.8, 4) is 6.07 Å². The number of anilines is 1. The summed E-state index contributed by atoms with van der Waals surface area (Å²) in [4.78, 5) is 37.6. The number of rotatable bonds is 7. The van der Waals surface area contributed by atoms with Gasteiger partial charge < -0.3 is 10.1 Å². The predicted octanol–water partition coefficient (Wildman–Crippen LogP) is 2.69. The number of allylic oxidation sites excluding steroid dienone is 1. The van der Waals surface area contributed by atoms with Crippen LogP contribution in [0.3, 0.4) is 0 Å². The Morgan fingerprint density at radius 2 is 1.86 bits per heavy atom. The molecule has 178 valence electrons. The number of hydrogen-bond acceptors (Lipinski definition) is 6. The highest BCUT2D eigenvalue weighted by Crippen LogP contribution is 2.13. The highest BCUT2D eigenvalue weighted by Gasteiger charge is 2.17. The fourth-order valence-electron chi connectivity index (χ4n) is 3.07. The molecule has 7 nitrogen and oxygen atoms in total. The second kappa shape index (κ2) is 11.2. The first-order chi connectivity index (χ1) is 16.8. The molecule has 0 saturated carbocycles. The SMILES string of the molecule is C=CCn1c(=C(C#N)C(=O)Nc2ccc(C(=O)OCC)cc2)sc(=Cc2c(F)cccc2F)c1=O. The number of nitrogens with zero attached hydrogens (tertiary/aromatic N) is 2. The Balaban J connectivity index is 2.08. The van der Waals surface area contributed by atoms with E-state index in [2.05, 4.69) is 11.9 Å². The Morgan fingerprint density at radius 3 is 2.43 bits per heavy atom. The van der Waals surface area contributed by atoms with E-state index in [1.165, 1.54) is 36.4 Å². The Hall–Kier alpha value is -4.36. The molecule has 1 N–H and O–H groups in total. The standard InChI is InChI=1S/C25H19F2N3O4S/c1-3-12-30-23(32)21(13-17-19(26)6-5-7-20(17)27)35-24(30)18(14-28)22(31)29-16-10-8-15(9-11-16)25(33)34-4-2/h3,5-11,13H,1,4,12H2,2H3,(H,29,31). The van der Waals surface area contributed by atoms with Crippen LogP contribution >= 0.6 is 11.3 Å². The third-order valence-electron chi connectivity index (χ3n) is 4.70. The van der Waals surface area contributed by atoms with Gasteiger partial charge in [0, 0.05) is 17.8 Å². The van der Waals surface area contributed by atoms with Gasteiger partial charge >= 0.3 is 5.97 Å². The summed E-state index contributed by atoms with van der Waals surface area (Å²) in [5.41, 5.74) is -0.838. The number of carbonyl (C=O) groups is 2. The van der Waals surface area contributed by atoms with Gasteiger partial charge in [-0.25, -0.2) is 13.6 Å². The van der Waals surface area contributed by atoms with Gasteiger partial charge in [-0.2, -0.15) is 5.26 Å². The van der Waals surface area contributed by atoms with Gasteiger partial charge in [0.1, 0.15) is 22.4 Å². The van der Waals surface area contributed by atoms with Crippen LogP contribution in [-0.2, 0) is 16.1 Å². The predicted molar refractivity (Wildman–Crippen MR) is 128 cm³/mol. The van der Waals surface area contributed by atoms with Gasteiger partial charge in [0.05, 0.1) is 16.7 Å². The molecule has 1 heterocycles. The van der Waals surface area contributed by atoms with Crippen molar-refractivity contribution in [3.05, 3.63) is 97.4 Å². The second-order valence-electron chi connectivity index (χ2n) is 6.99. The molecule has 2 aromatic carbocycles. The highest BCUT2D eigenvalue weighted by atomic mass is 32.1. The lowest BCUT2D eigenvalue weighted by Gasteiger charge is -2.06. The number of benzene rings is 2. The number of esters is 1. The maximum Gasteiger partial charge on any atom is 0.338 e. The van der Waals surface area contributed by atoms with Gasteiger partial charge in [-0.1, -0.05) is 12.1 Å². The van der Waals surface area contributed by atoms with Crippen molar-refractivity contribution in [2.75, 3.05) is 11.9 Å². The number of nitriles is 1. The number of aromatic nitrogens is 1. The summed E-state index contributed by atoms with van der Waals surface area (Å²) in [6.07, 6.45) is 2.44. The van der Waals surface area contributed by atoms with Crippen LogP contribution in [0.1, 0.15) is 22.8 Å². The third kappa shape index (κ3) is 5.59. The zero-order valence-corrected chi connectivity index (χ0v) is 19.3. The van der Waals surface area contributed by atoms with E-state index in [9.17, 15) is 28.4 Å². The number of carbonyl (C=O) groups excluding carboxylic acids is 2. The van der Waals surface area contributed by atoms with E-state index >= 15 is 0 Å². The van der Waals surface area contributed by atoms with E-state index in [0.29, 0.717) is 5.69 Å². The van der Waals surface area contributed by atoms with Crippen LogP contribution in [0.5, 0.6) is 0 Å². The molecule has 0 aliphatic carbocycles. The third-order valence-corrected chi connectivity index (χ3v) is 5.83. The molecule has 1 aromatic heterocycles. The molecule has 0 aliphatic rings. The minimum absolute atomic E-state index is 0.000964. The van der Waals surface area contributed by atoms with Crippen molar-refractivity contribution >= 4 is 40.5 Å². The van der Waals surface area contributed by atoms with Gasteiger partial charge in [0.2, 0.25) is 0 Å². The largest absolute Gasteiger partial charge is 0.462 e. The first kappa shape index (κ1) is 25.3. The van der Waals surface area contributed by atoms with Gasteiger partial charge in [-0.15, -0.1) is 17.9 Å². The minimum atomic E-state index is -0.858. The van der Waals surface area contributed by atoms with Crippen LogP contribution in [0, 0.1) is 23.0 Å². The van der Waals surface area contributed by atoms with Crippen LogP contribution in [0.25, 0.3) is 11.6 Å². The number of amides is 1. The number of hydrogen-bond donors (Lipinski definition) is 1. The van der Waals surface area contributed by atoms with Gasteiger partial charge in [-0.3, -0.25) is 14.2 Å². The molecule has 3 rings (SSSR count). The number of halogens is 2. The molecule has 35 heavy (non-hydrogen) atoms. The fourth-order valence-corrected chi connectivity index (χ4v) is 4.16. The Kier molecular flexibility index (Phi) is 8.07. The van der Waals surface area contributed by atoms with E-state index in [1.54, 1.807) is 13.0 Å². The van der Waals surface area contributed by atoms with Gasteiger partial charge in [0.15, 0.2) is 5.57 Å². The molecule has 0 saturated heterocycles. The first-order valence-corrected chi connectivity index (χ1v) is 11.1. The lowest BCUT2D eigenvalue weighted by atomic mass is 10.2. The molecular weight excluding hydrogens is 476 g/mol. The van der Waals surface area contributed by atoms with Crippen LogP contribution in [0.15, 0.2) is 59.9 Å². The molecular formula is C25H19F2N3O4S. The number of thiazole rings is 1. The fraction of sp³-hybridized carbons (Fsp3) is 0.120.